The molecule has 0 radical (unpaired) electrons. The number of nitrogens with zero attached hydrogens (tertiary/aromatic N) is 1. The number of benzene rings is 2. The van der Waals surface area contributed by atoms with Crippen molar-refractivity contribution < 1.29 is 71.1 Å². The van der Waals surface area contributed by atoms with E-state index in [0.29, 0.717) is 0 Å². The number of anilines is 2. The summed E-state index contributed by atoms with van der Waals surface area (Å²) >= 11 is 0. The standard InChI is InChI=1S/C31H28F6N4O9/c1-9-13-4-5-14(40-28(49)39-12-7-10(30(32,33)34)6-11(8-12)31(35,36)37)21(42)16(13)22(43)17-15(9)23(44)19-20(41(2)3)24(45)18(27(38)48)26(47)29(19,50)25(17)46/h4-9,15,19-20,23,42-44,47,50H,1-3H3,(H2,38,48)(H2,39,40,49)/t9-,15?,19?,20-,23-,29-/m0/s1. The number of primary amides is 1. The molecule has 2 unspecified atom stereocenters. The van der Waals surface area contributed by atoms with Gasteiger partial charge in [0.2, 0.25) is 5.78 Å². The molecule has 3 amide bonds. The molecule has 9 N–H and O–H groups in total. The topological polar surface area (TPSA) is 223 Å². The number of amides is 3. The van der Waals surface area contributed by atoms with Gasteiger partial charge in [0.1, 0.15) is 22.8 Å². The summed E-state index contributed by atoms with van der Waals surface area (Å²) in [6, 6.07) is -0.388. The molecule has 0 heterocycles. The Morgan fingerprint density at radius 2 is 1.50 bits per heavy atom. The predicted octanol–water partition coefficient (Wildman–Crippen LogP) is 3.18. The molecular weight excluding hydrogens is 686 g/mol. The number of nitrogens with one attached hydrogen (secondary N) is 2. The number of rotatable bonds is 4. The number of carbonyl (C=O) groups is 4. The van der Waals surface area contributed by atoms with Crippen molar-refractivity contribution in [2.75, 3.05) is 24.7 Å². The minimum absolute atomic E-state index is 0.0609. The Morgan fingerprint density at radius 3 is 2.00 bits per heavy atom. The number of hydrogen-bond donors (Lipinski definition) is 8. The SMILES string of the molecule is C[C@H]1c2ccc(NC(=O)Nc3cc(C(F)(F)F)cc(C(F)(F)F)c3)c(O)c2C(O)=C2C(=O)[C@]3(O)C(O)=C(C(N)=O)C(=O)[C@@H](N(C)C)C3[C@@H](O)C21. The van der Waals surface area contributed by atoms with Gasteiger partial charge in [0.05, 0.1) is 40.4 Å². The van der Waals surface area contributed by atoms with E-state index in [9.17, 15) is 71.1 Å². The van der Waals surface area contributed by atoms with Crippen molar-refractivity contribution in [3.63, 3.8) is 0 Å². The zero-order chi connectivity index (χ0) is 37.6. The van der Waals surface area contributed by atoms with Crippen molar-refractivity contribution in [1.29, 1.82) is 0 Å². The van der Waals surface area contributed by atoms with Gasteiger partial charge < -0.3 is 41.9 Å². The Kier molecular flexibility index (Phi) is 8.48. The van der Waals surface area contributed by atoms with E-state index >= 15 is 0 Å². The predicted molar refractivity (Wildman–Crippen MR) is 159 cm³/mol. The van der Waals surface area contributed by atoms with Crippen LogP contribution < -0.4 is 16.4 Å². The number of ketones is 2. The first-order chi connectivity index (χ1) is 22.9. The fourth-order valence-electron chi connectivity index (χ4n) is 7.03. The fourth-order valence-corrected chi connectivity index (χ4v) is 7.03. The zero-order valence-electron chi connectivity index (χ0n) is 25.9. The van der Waals surface area contributed by atoms with Gasteiger partial charge in [-0.2, -0.15) is 26.3 Å². The van der Waals surface area contributed by atoms with Crippen LogP contribution in [0.25, 0.3) is 5.76 Å². The maximum atomic E-state index is 14.1. The molecule has 3 aliphatic carbocycles. The molecule has 1 fully saturated rings. The van der Waals surface area contributed by atoms with Gasteiger partial charge >= 0.3 is 18.4 Å². The first-order valence-corrected chi connectivity index (χ1v) is 14.5. The van der Waals surface area contributed by atoms with Crippen LogP contribution >= 0.6 is 0 Å². The van der Waals surface area contributed by atoms with Crippen molar-refractivity contribution in [1.82, 2.24) is 4.90 Å². The summed E-state index contributed by atoms with van der Waals surface area (Å²) < 4.78 is 79.6. The van der Waals surface area contributed by atoms with Crippen LogP contribution in [0.15, 0.2) is 47.2 Å². The van der Waals surface area contributed by atoms with E-state index in [4.69, 9.17) is 5.73 Å². The Hall–Kier alpha value is -5.14. The lowest BCUT2D eigenvalue weighted by Crippen LogP contribution is -2.70. The monoisotopic (exact) mass is 714 g/mol. The van der Waals surface area contributed by atoms with Gasteiger partial charge in [-0.3, -0.25) is 19.3 Å². The Balaban J connectivity index is 1.57. The van der Waals surface area contributed by atoms with E-state index in [1.807, 2.05) is 10.6 Å². The van der Waals surface area contributed by atoms with E-state index in [0.717, 1.165) is 6.07 Å². The van der Waals surface area contributed by atoms with Gasteiger partial charge in [0.15, 0.2) is 11.4 Å². The van der Waals surface area contributed by atoms with Gasteiger partial charge in [-0.15, -0.1) is 0 Å². The highest BCUT2D eigenvalue weighted by atomic mass is 19.4. The molecule has 3 aliphatic rings. The molecule has 1 saturated carbocycles. The lowest BCUT2D eigenvalue weighted by Gasteiger charge is -2.53. The van der Waals surface area contributed by atoms with Crippen molar-refractivity contribution in [2.45, 2.75) is 42.9 Å². The van der Waals surface area contributed by atoms with E-state index in [2.05, 4.69) is 0 Å². The van der Waals surface area contributed by atoms with Gasteiger partial charge in [0, 0.05) is 17.2 Å². The average molecular weight is 715 g/mol. The third kappa shape index (κ3) is 5.41. The fraction of sp³-hybridized carbons (Fsp3) is 0.355. The molecule has 0 saturated heterocycles. The number of fused-ring (bicyclic) bond motifs is 3. The molecular formula is C31H28F6N4O9. The van der Waals surface area contributed by atoms with Crippen molar-refractivity contribution in [3.8, 4) is 5.75 Å². The quantitative estimate of drug-likeness (QED) is 0.131. The maximum absolute atomic E-state index is 14.1. The lowest BCUT2D eigenvalue weighted by molar-refractivity contribution is -0.169. The molecule has 19 heteroatoms. The van der Waals surface area contributed by atoms with Gasteiger partial charge in [-0.05, 0) is 49.8 Å². The first-order valence-electron chi connectivity index (χ1n) is 14.5. The van der Waals surface area contributed by atoms with Crippen LogP contribution in [0, 0.1) is 11.8 Å². The Bertz CT molecular complexity index is 1890. The molecule has 6 atom stereocenters. The van der Waals surface area contributed by atoms with Crippen LogP contribution in [0.3, 0.4) is 0 Å². The second-order valence-corrected chi connectivity index (χ2v) is 12.3. The summed E-state index contributed by atoms with van der Waals surface area (Å²) in [7, 11) is 2.68. The largest absolute Gasteiger partial charge is 0.508 e. The molecule has 2 aromatic carbocycles. The number of Topliss-reactive ketones (excluding diaryl/α,β-unsaturated/α-hetero) is 2. The molecule has 0 bridgehead atoms. The number of carbonyl (C=O) groups excluding carboxylic acids is 4. The van der Waals surface area contributed by atoms with Gasteiger partial charge in [0.25, 0.3) is 5.91 Å². The highest BCUT2D eigenvalue weighted by Crippen LogP contribution is 2.56. The van der Waals surface area contributed by atoms with Crippen LogP contribution in [-0.4, -0.2) is 85.8 Å². The van der Waals surface area contributed by atoms with E-state index in [-0.39, 0.29) is 23.8 Å². The normalized spacial score (nSPS) is 26.8. The number of likely N-dealkylation sites (N-methyl/N-ethyl adjacent to an activating group) is 1. The Morgan fingerprint density at radius 1 is 0.940 bits per heavy atom. The van der Waals surface area contributed by atoms with Crippen LogP contribution in [0.4, 0.5) is 42.5 Å². The summed E-state index contributed by atoms with van der Waals surface area (Å²) in [6.45, 7) is 1.45. The van der Waals surface area contributed by atoms with Crippen LogP contribution in [0.5, 0.6) is 5.75 Å². The smallest absolute Gasteiger partial charge is 0.416 e. The number of aromatic hydroxyl groups is 1. The number of phenolic OH excluding ortho intramolecular Hbond substituents is 1. The molecule has 268 valence electrons. The summed E-state index contributed by atoms with van der Waals surface area (Å²) in [4.78, 5) is 53.4. The molecule has 0 aromatic heterocycles. The minimum Gasteiger partial charge on any atom is -0.508 e. The number of nitrogens with two attached hydrogens (primary N) is 1. The maximum Gasteiger partial charge on any atom is 0.416 e. The number of phenols is 1. The summed E-state index contributed by atoms with van der Waals surface area (Å²) in [6.07, 6.45) is -12.3. The van der Waals surface area contributed by atoms with Crippen molar-refractivity contribution in [3.05, 3.63) is 69.5 Å². The van der Waals surface area contributed by atoms with Crippen LogP contribution in [0.2, 0.25) is 0 Å². The molecule has 0 aliphatic heterocycles. The summed E-state index contributed by atoms with van der Waals surface area (Å²) in [5, 5.41) is 60.8. The zero-order valence-corrected chi connectivity index (χ0v) is 25.9. The minimum atomic E-state index is -5.21. The second kappa shape index (κ2) is 11.7. The number of aliphatic hydroxyl groups excluding tert-OH is 3. The summed E-state index contributed by atoms with van der Waals surface area (Å²) in [5.41, 5.74) is -5.14. The number of urea groups is 1. The van der Waals surface area contributed by atoms with Crippen molar-refractivity contribution in [2.24, 2.45) is 17.6 Å². The van der Waals surface area contributed by atoms with E-state index in [1.165, 1.54) is 32.0 Å². The average Bonchev–Trinajstić information content (AvgIpc) is 2.98. The lowest BCUT2D eigenvalue weighted by atomic mass is 9.54. The number of halogens is 6. The first kappa shape index (κ1) is 36.1. The van der Waals surface area contributed by atoms with Crippen LogP contribution in [0.1, 0.15) is 35.1 Å². The molecule has 0 spiro atoms. The highest BCUT2D eigenvalue weighted by molar-refractivity contribution is 6.24. The molecule has 5 rings (SSSR count). The Labute approximate surface area is 277 Å². The molecule has 2 aromatic rings. The summed E-state index contributed by atoms with van der Waals surface area (Å²) in [5.74, 6) is -11.7. The number of alkyl halides is 6. The molecule has 50 heavy (non-hydrogen) atoms. The van der Waals surface area contributed by atoms with Crippen LogP contribution in [-0.2, 0) is 26.7 Å². The second-order valence-electron chi connectivity index (χ2n) is 12.3. The van der Waals surface area contributed by atoms with Gasteiger partial charge in [-0.1, -0.05) is 13.0 Å². The van der Waals surface area contributed by atoms with Crippen molar-refractivity contribution >= 4 is 40.6 Å². The molecule has 13 nitrogen and oxygen atoms in total. The number of aliphatic hydroxyl groups is 4. The highest BCUT2D eigenvalue weighted by Gasteiger charge is 2.68. The van der Waals surface area contributed by atoms with Gasteiger partial charge in [-0.25, -0.2) is 4.79 Å². The number of hydrogen-bond acceptors (Lipinski definition) is 10. The van der Waals surface area contributed by atoms with E-state index < -0.39 is 128 Å². The van der Waals surface area contributed by atoms with E-state index in [1.54, 1.807) is 0 Å². The third-order valence-corrected chi connectivity index (χ3v) is 9.22. The third-order valence-electron chi connectivity index (χ3n) is 9.22.